The lowest BCUT2D eigenvalue weighted by Gasteiger charge is -2.46. The van der Waals surface area contributed by atoms with Crippen molar-refractivity contribution in [3.63, 3.8) is 0 Å². The van der Waals surface area contributed by atoms with Crippen LogP contribution in [0.4, 0.5) is 0 Å². The van der Waals surface area contributed by atoms with Gasteiger partial charge in [0.25, 0.3) is 0 Å². The molecule has 0 heterocycles. The minimum absolute atomic E-state index is 0.486. The van der Waals surface area contributed by atoms with Gasteiger partial charge < -0.3 is 5.32 Å². The molecular formula is C28H57N. The first kappa shape index (κ1) is 27.0. The Morgan fingerprint density at radius 3 is 1.69 bits per heavy atom. The molecule has 1 nitrogen and oxygen atoms in total. The third-order valence-corrected chi connectivity index (χ3v) is 7.55. The fraction of sp³-hybridized carbons (Fsp3) is 1.00. The summed E-state index contributed by atoms with van der Waals surface area (Å²) in [6.07, 6.45) is 31.7. The summed E-state index contributed by atoms with van der Waals surface area (Å²) < 4.78 is 0. The summed E-state index contributed by atoms with van der Waals surface area (Å²) in [5.74, 6) is 0.938. The molecule has 174 valence electrons. The quantitative estimate of drug-likeness (QED) is 0.198. The normalized spacial score (nSPS) is 22.2. The zero-order valence-corrected chi connectivity index (χ0v) is 20.8. The Kier molecular flexibility index (Phi) is 17.4. The van der Waals surface area contributed by atoms with Gasteiger partial charge in [-0.2, -0.15) is 0 Å². The van der Waals surface area contributed by atoms with Gasteiger partial charge in [0.15, 0.2) is 0 Å². The molecule has 29 heavy (non-hydrogen) atoms. The van der Waals surface area contributed by atoms with Crippen molar-refractivity contribution in [1.82, 2.24) is 5.32 Å². The maximum atomic E-state index is 4.11. The van der Waals surface area contributed by atoms with Crippen LogP contribution in [0.1, 0.15) is 162 Å². The van der Waals surface area contributed by atoms with E-state index < -0.39 is 0 Å². The standard InChI is InChI=1S/C28H57N/c1-4-7-8-9-10-11-12-13-14-15-16-17-18-21-26-29-28(24-6-3)25-20-19-23-27(28)22-5-2/h27,29H,4-26H2,1-3H3. The molecule has 0 aromatic rings. The van der Waals surface area contributed by atoms with Crippen molar-refractivity contribution < 1.29 is 0 Å². The van der Waals surface area contributed by atoms with Crippen molar-refractivity contribution in [2.24, 2.45) is 5.92 Å². The van der Waals surface area contributed by atoms with Gasteiger partial charge in [-0.25, -0.2) is 0 Å². The van der Waals surface area contributed by atoms with E-state index in [2.05, 4.69) is 26.1 Å². The number of rotatable bonds is 20. The summed E-state index contributed by atoms with van der Waals surface area (Å²) in [5.41, 5.74) is 0.486. The Morgan fingerprint density at radius 1 is 0.621 bits per heavy atom. The van der Waals surface area contributed by atoms with Crippen LogP contribution in [-0.4, -0.2) is 12.1 Å². The summed E-state index contributed by atoms with van der Waals surface area (Å²) in [6, 6.07) is 0. The molecule has 1 N–H and O–H groups in total. The molecule has 2 atom stereocenters. The maximum Gasteiger partial charge on any atom is 0.0209 e. The van der Waals surface area contributed by atoms with Gasteiger partial charge in [0.05, 0.1) is 0 Å². The van der Waals surface area contributed by atoms with Crippen LogP contribution in [0.25, 0.3) is 0 Å². The minimum atomic E-state index is 0.486. The predicted molar refractivity (Wildman–Crippen MR) is 133 cm³/mol. The molecule has 1 fully saturated rings. The molecule has 1 aliphatic carbocycles. The third-order valence-electron chi connectivity index (χ3n) is 7.55. The molecular weight excluding hydrogens is 350 g/mol. The van der Waals surface area contributed by atoms with Crippen molar-refractivity contribution in [2.45, 2.75) is 168 Å². The Labute approximate surface area is 185 Å². The van der Waals surface area contributed by atoms with Gasteiger partial charge in [-0.05, 0) is 44.6 Å². The Morgan fingerprint density at radius 2 is 1.17 bits per heavy atom. The lowest BCUT2D eigenvalue weighted by Crippen LogP contribution is -2.53. The van der Waals surface area contributed by atoms with E-state index in [-0.39, 0.29) is 0 Å². The van der Waals surface area contributed by atoms with Gasteiger partial charge in [0, 0.05) is 5.54 Å². The average Bonchev–Trinajstić information content (AvgIpc) is 2.73. The van der Waals surface area contributed by atoms with E-state index in [0.29, 0.717) is 5.54 Å². The Balaban J connectivity index is 1.99. The van der Waals surface area contributed by atoms with Crippen LogP contribution in [0.2, 0.25) is 0 Å². The Hall–Kier alpha value is -0.0400. The fourth-order valence-corrected chi connectivity index (χ4v) is 5.83. The minimum Gasteiger partial charge on any atom is -0.311 e. The van der Waals surface area contributed by atoms with E-state index in [4.69, 9.17) is 0 Å². The van der Waals surface area contributed by atoms with Crippen LogP contribution in [0.3, 0.4) is 0 Å². The highest BCUT2D eigenvalue weighted by molar-refractivity contribution is 4.96. The molecule has 0 amide bonds. The third kappa shape index (κ3) is 12.4. The molecule has 0 bridgehead atoms. The lowest BCUT2D eigenvalue weighted by atomic mass is 9.68. The largest absolute Gasteiger partial charge is 0.311 e. The molecule has 0 aliphatic heterocycles. The van der Waals surface area contributed by atoms with Crippen molar-refractivity contribution in [3.05, 3.63) is 0 Å². The smallest absolute Gasteiger partial charge is 0.0209 e. The van der Waals surface area contributed by atoms with E-state index in [1.165, 1.54) is 148 Å². The van der Waals surface area contributed by atoms with Crippen molar-refractivity contribution in [1.29, 1.82) is 0 Å². The van der Waals surface area contributed by atoms with Gasteiger partial charge >= 0.3 is 0 Å². The molecule has 0 spiro atoms. The van der Waals surface area contributed by atoms with Crippen molar-refractivity contribution in [2.75, 3.05) is 6.54 Å². The zero-order valence-electron chi connectivity index (χ0n) is 20.8. The molecule has 0 aromatic carbocycles. The van der Waals surface area contributed by atoms with E-state index in [9.17, 15) is 0 Å². The van der Waals surface area contributed by atoms with Gasteiger partial charge in [-0.1, -0.05) is 130 Å². The average molecular weight is 408 g/mol. The monoisotopic (exact) mass is 407 g/mol. The molecule has 0 aromatic heterocycles. The first-order chi connectivity index (χ1) is 14.3. The molecule has 2 unspecified atom stereocenters. The second-order valence-corrected chi connectivity index (χ2v) is 10.2. The molecule has 0 radical (unpaired) electrons. The highest BCUT2D eigenvalue weighted by atomic mass is 15.0. The summed E-state index contributed by atoms with van der Waals surface area (Å²) in [5, 5.41) is 4.11. The molecule has 1 rings (SSSR count). The van der Waals surface area contributed by atoms with Gasteiger partial charge in [-0.15, -0.1) is 0 Å². The highest BCUT2D eigenvalue weighted by Crippen LogP contribution is 2.39. The van der Waals surface area contributed by atoms with E-state index >= 15 is 0 Å². The second-order valence-electron chi connectivity index (χ2n) is 10.2. The summed E-state index contributed by atoms with van der Waals surface area (Å²) >= 11 is 0. The fourth-order valence-electron chi connectivity index (χ4n) is 5.83. The number of hydrogen-bond acceptors (Lipinski definition) is 1. The first-order valence-electron chi connectivity index (χ1n) is 14.0. The van der Waals surface area contributed by atoms with Crippen LogP contribution in [0.15, 0.2) is 0 Å². The first-order valence-corrected chi connectivity index (χ1v) is 14.0. The topological polar surface area (TPSA) is 12.0 Å². The number of nitrogens with one attached hydrogen (secondary N) is 1. The van der Waals surface area contributed by atoms with Crippen LogP contribution in [0.5, 0.6) is 0 Å². The van der Waals surface area contributed by atoms with Crippen LogP contribution < -0.4 is 5.32 Å². The zero-order chi connectivity index (χ0) is 21.0. The molecule has 1 aliphatic rings. The number of hydrogen-bond donors (Lipinski definition) is 1. The number of unbranched alkanes of at least 4 members (excludes halogenated alkanes) is 13. The second kappa shape index (κ2) is 18.7. The SMILES string of the molecule is CCCCCCCCCCCCCCCCNC1(CCC)CCCCC1CCC. The van der Waals surface area contributed by atoms with Gasteiger partial charge in [-0.3, -0.25) is 0 Å². The van der Waals surface area contributed by atoms with Crippen LogP contribution >= 0.6 is 0 Å². The van der Waals surface area contributed by atoms with Crippen LogP contribution in [0, 0.1) is 5.92 Å². The summed E-state index contributed by atoms with van der Waals surface area (Å²) in [7, 11) is 0. The Bertz CT molecular complexity index is 333. The van der Waals surface area contributed by atoms with Gasteiger partial charge in [0.1, 0.15) is 0 Å². The van der Waals surface area contributed by atoms with E-state index in [1.54, 1.807) is 0 Å². The van der Waals surface area contributed by atoms with E-state index in [1.807, 2.05) is 0 Å². The highest BCUT2D eigenvalue weighted by Gasteiger charge is 2.38. The molecule has 0 saturated heterocycles. The van der Waals surface area contributed by atoms with Crippen LogP contribution in [-0.2, 0) is 0 Å². The van der Waals surface area contributed by atoms with Crippen molar-refractivity contribution in [3.8, 4) is 0 Å². The molecule has 1 heteroatoms. The summed E-state index contributed by atoms with van der Waals surface area (Å²) in [6.45, 7) is 8.32. The van der Waals surface area contributed by atoms with Gasteiger partial charge in [0.2, 0.25) is 0 Å². The summed E-state index contributed by atoms with van der Waals surface area (Å²) in [4.78, 5) is 0. The lowest BCUT2D eigenvalue weighted by molar-refractivity contribution is 0.119. The van der Waals surface area contributed by atoms with E-state index in [0.717, 1.165) is 5.92 Å². The molecule has 1 saturated carbocycles. The predicted octanol–water partition coefficient (Wildman–Crippen LogP) is 9.59. The maximum absolute atomic E-state index is 4.11. The van der Waals surface area contributed by atoms with Crippen molar-refractivity contribution >= 4 is 0 Å².